The van der Waals surface area contributed by atoms with E-state index < -0.39 is 16.3 Å². The van der Waals surface area contributed by atoms with Crippen molar-refractivity contribution < 1.29 is 14.5 Å². The quantitative estimate of drug-likeness (QED) is 0.511. The molecule has 7 nitrogen and oxygen atoms in total. The van der Waals surface area contributed by atoms with Crippen LogP contribution in [0.2, 0.25) is 0 Å². The number of nitrogens with zero attached hydrogens (tertiary/aromatic N) is 2. The maximum Gasteiger partial charge on any atom is 0.355 e. The number of nitrogens with one attached hydrogen (secondary N) is 1. The summed E-state index contributed by atoms with van der Waals surface area (Å²) >= 11 is 0. The summed E-state index contributed by atoms with van der Waals surface area (Å²) in [5.41, 5.74) is 3.14. The van der Waals surface area contributed by atoms with Crippen LogP contribution in [0.1, 0.15) is 13.8 Å². The van der Waals surface area contributed by atoms with Gasteiger partial charge in [-0.25, -0.2) is 4.79 Å². The van der Waals surface area contributed by atoms with Gasteiger partial charge in [0.1, 0.15) is 6.61 Å². The molecule has 1 fully saturated rings. The number of esters is 1. The van der Waals surface area contributed by atoms with Crippen molar-refractivity contribution in [1.82, 2.24) is 0 Å². The highest BCUT2D eigenvalue weighted by Gasteiger charge is 2.39. The number of benzene rings is 1. The van der Waals surface area contributed by atoms with Crippen LogP contribution >= 0.6 is 0 Å². The van der Waals surface area contributed by atoms with Crippen molar-refractivity contribution >= 4 is 23.1 Å². The molecule has 1 aromatic rings. The average molecular weight is 263 g/mol. The van der Waals surface area contributed by atoms with Crippen LogP contribution in [0.25, 0.3) is 0 Å². The summed E-state index contributed by atoms with van der Waals surface area (Å²) in [4.78, 5) is 21.5. The number of cyclic esters (lactones) is 1. The average Bonchev–Trinajstić information content (AvgIpc) is 2.62. The van der Waals surface area contributed by atoms with Crippen molar-refractivity contribution in [3.8, 4) is 0 Å². The molecule has 1 aliphatic heterocycles. The van der Waals surface area contributed by atoms with Gasteiger partial charge in [0.25, 0.3) is 5.69 Å². The maximum absolute atomic E-state index is 11.5. The Hall–Kier alpha value is -2.44. The van der Waals surface area contributed by atoms with Gasteiger partial charge in [-0.15, -0.1) is 0 Å². The second-order valence-electron chi connectivity index (χ2n) is 4.84. The van der Waals surface area contributed by atoms with E-state index in [0.717, 1.165) is 0 Å². The second kappa shape index (κ2) is 4.68. The van der Waals surface area contributed by atoms with Crippen molar-refractivity contribution in [3.63, 3.8) is 0 Å². The molecule has 0 atom stereocenters. The lowest BCUT2D eigenvalue weighted by molar-refractivity contribution is -0.384. The van der Waals surface area contributed by atoms with E-state index in [0.29, 0.717) is 18.0 Å². The van der Waals surface area contributed by atoms with Gasteiger partial charge in [-0.2, -0.15) is 5.10 Å². The van der Waals surface area contributed by atoms with E-state index in [1.807, 2.05) is 13.8 Å². The molecule has 1 saturated heterocycles. The van der Waals surface area contributed by atoms with E-state index in [1.165, 1.54) is 24.3 Å². The predicted octanol–water partition coefficient (Wildman–Crippen LogP) is 1.95. The molecule has 0 bridgehead atoms. The lowest BCUT2D eigenvalue weighted by atomic mass is 9.91. The largest absolute Gasteiger partial charge is 0.460 e. The third-order valence-electron chi connectivity index (χ3n) is 2.77. The van der Waals surface area contributed by atoms with Crippen molar-refractivity contribution in [3.05, 3.63) is 34.4 Å². The molecule has 0 aromatic heterocycles. The highest BCUT2D eigenvalue weighted by molar-refractivity contribution is 6.40. The summed E-state index contributed by atoms with van der Waals surface area (Å²) in [6, 6.07) is 5.77. The number of carbonyl (C=O) groups is 1. The molecule has 0 radical (unpaired) electrons. The van der Waals surface area contributed by atoms with Crippen molar-refractivity contribution in [1.29, 1.82) is 0 Å². The number of ether oxygens (including phenoxy) is 1. The number of carbonyl (C=O) groups excluding carboxylic acids is 1. The molecule has 100 valence electrons. The smallest absolute Gasteiger partial charge is 0.355 e. The van der Waals surface area contributed by atoms with E-state index in [1.54, 1.807) is 0 Å². The summed E-state index contributed by atoms with van der Waals surface area (Å²) in [7, 11) is 0. The van der Waals surface area contributed by atoms with E-state index in [2.05, 4.69) is 10.5 Å². The Morgan fingerprint density at radius 2 is 2.00 bits per heavy atom. The van der Waals surface area contributed by atoms with Gasteiger partial charge in [-0.3, -0.25) is 15.5 Å². The Balaban J connectivity index is 2.14. The van der Waals surface area contributed by atoms with Crippen molar-refractivity contribution in [2.45, 2.75) is 13.8 Å². The molecule has 1 heterocycles. The van der Waals surface area contributed by atoms with Gasteiger partial charge in [0.2, 0.25) is 0 Å². The van der Waals surface area contributed by atoms with Crippen LogP contribution in [-0.4, -0.2) is 23.2 Å². The molecule has 0 saturated carbocycles. The van der Waals surface area contributed by atoms with Gasteiger partial charge < -0.3 is 4.74 Å². The maximum atomic E-state index is 11.5. The van der Waals surface area contributed by atoms with E-state index in [4.69, 9.17) is 4.74 Å². The summed E-state index contributed by atoms with van der Waals surface area (Å²) in [5, 5.41) is 14.5. The Kier molecular flexibility index (Phi) is 3.20. The molecule has 1 N–H and O–H groups in total. The van der Waals surface area contributed by atoms with Crippen LogP contribution in [0.4, 0.5) is 11.4 Å². The molecular weight excluding hydrogens is 250 g/mol. The molecular formula is C12H13N3O4. The highest BCUT2D eigenvalue weighted by atomic mass is 16.6. The highest BCUT2D eigenvalue weighted by Crippen LogP contribution is 2.25. The summed E-state index contributed by atoms with van der Waals surface area (Å²) in [5.74, 6) is -0.445. The van der Waals surface area contributed by atoms with Gasteiger partial charge in [0.05, 0.1) is 16.0 Å². The predicted molar refractivity (Wildman–Crippen MR) is 68.9 cm³/mol. The van der Waals surface area contributed by atoms with Gasteiger partial charge in [-0.1, -0.05) is 13.8 Å². The minimum atomic E-state index is -0.479. The van der Waals surface area contributed by atoms with Crippen LogP contribution < -0.4 is 5.43 Å². The molecule has 19 heavy (non-hydrogen) atoms. The number of nitro benzene ring substituents is 1. The third kappa shape index (κ3) is 2.70. The molecule has 0 aliphatic carbocycles. The number of hydrazone groups is 1. The number of nitro groups is 1. The van der Waals surface area contributed by atoms with Crippen LogP contribution in [0.3, 0.4) is 0 Å². The SMILES string of the molecule is CC1(C)COC(=O)/C1=N\Nc1ccc([N+](=O)[O-])cc1. The molecule has 0 unspecified atom stereocenters. The first-order valence-corrected chi connectivity index (χ1v) is 5.66. The van der Waals surface area contributed by atoms with Crippen molar-refractivity contribution in [2.24, 2.45) is 10.5 Å². The Bertz CT molecular complexity index is 549. The van der Waals surface area contributed by atoms with Gasteiger partial charge >= 0.3 is 5.97 Å². The van der Waals surface area contributed by atoms with Crippen LogP contribution in [-0.2, 0) is 9.53 Å². The summed E-state index contributed by atoms with van der Waals surface area (Å²) in [6.07, 6.45) is 0. The first kappa shape index (κ1) is 13.0. The zero-order valence-corrected chi connectivity index (χ0v) is 10.5. The third-order valence-corrected chi connectivity index (χ3v) is 2.77. The fraction of sp³-hybridized carbons (Fsp3) is 0.333. The van der Waals surface area contributed by atoms with Crippen LogP contribution in [0.15, 0.2) is 29.4 Å². The number of anilines is 1. The molecule has 1 aromatic carbocycles. The first-order valence-electron chi connectivity index (χ1n) is 5.66. The van der Waals surface area contributed by atoms with E-state index in [-0.39, 0.29) is 5.69 Å². The van der Waals surface area contributed by atoms with E-state index in [9.17, 15) is 14.9 Å². The number of hydrogen-bond acceptors (Lipinski definition) is 6. The number of non-ortho nitro benzene ring substituents is 1. The first-order chi connectivity index (χ1) is 8.90. The zero-order valence-electron chi connectivity index (χ0n) is 10.5. The van der Waals surface area contributed by atoms with E-state index >= 15 is 0 Å². The lowest BCUT2D eigenvalue weighted by Gasteiger charge is -2.12. The van der Waals surface area contributed by atoms with Crippen LogP contribution in [0, 0.1) is 15.5 Å². The summed E-state index contributed by atoms with van der Waals surface area (Å²) in [6.45, 7) is 4.01. The Morgan fingerprint density at radius 1 is 1.37 bits per heavy atom. The van der Waals surface area contributed by atoms with Gasteiger partial charge in [0.15, 0.2) is 5.71 Å². The fourth-order valence-corrected chi connectivity index (χ4v) is 1.63. The second-order valence-corrected chi connectivity index (χ2v) is 4.84. The fourth-order valence-electron chi connectivity index (χ4n) is 1.63. The molecule has 0 amide bonds. The van der Waals surface area contributed by atoms with Crippen molar-refractivity contribution in [2.75, 3.05) is 12.0 Å². The number of hydrogen-bond donors (Lipinski definition) is 1. The molecule has 7 heteroatoms. The summed E-state index contributed by atoms with van der Waals surface area (Å²) < 4.78 is 4.92. The topological polar surface area (TPSA) is 93.8 Å². The molecule has 1 aliphatic rings. The zero-order chi connectivity index (χ0) is 14.0. The van der Waals surface area contributed by atoms with Gasteiger partial charge in [0, 0.05) is 12.1 Å². The minimum absolute atomic E-state index is 0.00110. The standard InChI is InChI=1S/C12H13N3O4/c1-12(2)7-19-11(16)10(12)14-13-8-3-5-9(6-4-8)15(17)18/h3-6,13H,7H2,1-2H3/b14-10+. The lowest BCUT2D eigenvalue weighted by Crippen LogP contribution is -2.25. The Labute approximate surface area is 109 Å². The number of rotatable bonds is 3. The molecule has 0 spiro atoms. The molecule has 2 rings (SSSR count). The normalized spacial score (nSPS) is 19.3. The van der Waals surface area contributed by atoms with Gasteiger partial charge in [-0.05, 0) is 12.1 Å². The van der Waals surface area contributed by atoms with Crippen LogP contribution in [0.5, 0.6) is 0 Å². The minimum Gasteiger partial charge on any atom is -0.460 e. The monoisotopic (exact) mass is 263 g/mol. The Morgan fingerprint density at radius 3 is 2.47 bits per heavy atom.